The van der Waals surface area contributed by atoms with Crippen LogP contribution in [0.25, 0.3) is 0 Å². The van der Waals surface area contributed by atoms with Gasteiger partial charge in [-0.2, -0.15) is 0 Å². The molecule has 0 spiro atoms. The number of hydrogen-bond acceptors (Lipinski definition) is 3. The van der Waals surface area contributed by atoms with E-state index in [1.165, 1.54) is 31.9 Å². The highest BCUT2D eigenvalue weighted by molar-refractivity contribution is 7.92. The van der Waals surface area contributed by atoms with Crippen molar-refractivity contribution in [1.29, 1.82) is 0 Å². The molecule has 4 heteroatoms. The minimum atomic E-state index is -3.04. The van der Waals surface area contributed by atoms with Gasteiger partial charge in [-0.15, -0.1) is 0 Å². The summed E-state index contributed by atoms with van der Waals surface area (Å²) in [5.41, 5.74) is 0. The Bertz CT molecular complexity index is 343. The Balaban J connectivity index is 2.76. The van der Waals surface area contributed by atoms with E-state index in [2.05, 4.69) is 12.2 Å². The summed E-state index contributed by atoms with van der Waals surface area (Å²) in [6.07, 6.45) is 8.56. The number of hydrogen-bond donors (Lipinski definition) is 1. The van der Waals surface area contributed by atoms with Crippen LogP contribution in [-0.4, -0.2) is 32.0 Å². The van der Waals surface area contributed by atoms with Crippen molar-refractivity contribution in [1.82, 2.24) is 5.32 Å². The van der Waals surface area contributed by atoms with Crippen LogP contribution >= 0.6 is 0 Å². The van der Waals surface area contributed by atoms with Gasteiger partial charge in [0.15, 0.2) is 9.84 Å². The molecular weight excluding hydrogens is 246 g/mol. The van der Waals surface area contributed by atoms with E-state index in [0.717, 1.165) is 19.4 Å². The number of rotatable bonds is 7. The highest BCUT2D eigenvalue weighted by Crippen LogP contribution is 2.33. The van der Waals surface area contributed by atoms with Crippen LogP contribution < -0.4 is 5.32 Å². The fourth-order valence-electron chi connectivity index (χ4n) is 2.77. The van der Waals surface area contributed by atoms with Gasteiger partial charge < -0.3 is 5.32 Å². The Labute approximate surface area is 113 Å². The van der Waals surface area contributed by atoms with Gasteiger partial charge in [-0.3, -0.25) is 0 Å². The van der Waals surface area contributed by atoms with Crippen molar-refractivity contribution < 1.29 is 8.42 Å². The summed E-state index contributed by atoms with van der Waals surface area (Å²) in [6, 6.07) is 0.0792. The van der Waals surface area contributed by atoms with Gasteiger partial charge in [0, 0.05) is 12.3 Å². The van der Waals surface area contributed by atoms with Gasteiger partial charge in [-0.25, -0.2) is 8.42 Å². The second-order valence-electron chi connectivity index (χ2n) is 6.27. The lowest BCUT2D eigenvalue weighted by Gasteiger charge is -2.35. The quantitative estimate of drug-likeness (QED) is 0.777. The average molecular weight is 275 g/mol. The van der Waals surface area contributed by atoms with Crippen molar-refractivity contribution in [2.24, 2.45) is 5.92 Å². The molecule has 0 amide bonds. The first kappa shape index (κ1) is 16.0. The molecule has 1 rings (SSSR count). The molecule has 0 bridgehead atoms. The lowest BCUT2D eigenvalue weighted by atomic mass is 9.91. The Kier molecular flexibility index (Phi) is 5.66. The molecule has 0 aromatic rings. The van der Waals surface area contributed by atoms with Crippen molar-refractivity contribution in [2.45, 2.75) is 70.1 Å². The van der Waals surface area contributed by atoms with Gasteiger partial charge in [-0.1, -0.05) is 32.6 Å². The molecule has 0 radical (unpaired) electrons. The fourth-order valence-corrected chi connectivity index (χ4v) is 3.47. The van der Waals surface area contributed by atoms with Gasteiger partial charge in [-0.05, 0) is 39.2 Å². The number of sulfone groups is 1. The molecule has 0 aromatic heterocycles. The third-order valence-electron chi connectivity index (χ3n) is 4.48. The topological polar surface area (TPSA) is 46.2 Å². The Morgan fingerprint density at radius 3 is 2.28 bits per heavy atom. The zero-order chi connectivity index (χ0) is 13.8. The Morgan fingerprint density at radius 1 is 1.28 bits per heavy atom. The van der Waals surface area contributed by atoms with Crippen LogP contribution in [0.1, 0.15) is 59.3 Å². The smallest absolute Gasteiger partial charge is 0.154 e. The first-order valence-electron chi connectivity index (χ1n) is 7.22. The SMILES string of the molecule is CCCNC(CC1CCCC1)C(C)(C)S(C)(=O)=O. The number of nitrogens with one attached hydrogen (secondary N) is 1. The third kappa shape index (κ3) is 3.95. The molecule has 1 unspecified atom stereocenters. The first-order chi connectivity index (χ1) is 8.29. The van der Waals surface area contributed by atoms with Crippen LogP contribution in [0.5, 0.6) is 0 Å². The Morgan fingerprint density at radius 2 is 1.83 bits per heavy atom. The summed E-state index contributed by atoms with van der Waals surface area (Å²) in [6.45, 7) is 6.75. The van der Waals surface area contributed by atoms with Crippen molar-refractivity contribution in [3.8, 4) is 0 Å². The predicted molar refractivity (Wildman–Crippen MR) is 77.6 cm³/mol. The molecule has 1 N–H and O–H groups in total. The fraction of sp³-hybridized carbons (Fsp3) is 1.00. The second kappa shape index (κ2) is 6.38. The highest BCUT2D eigenvalue weighted by Gasteiger charge is 2.39. The van der Waals surface area contributed by atoms with E-state index >= 15 is 0 Å². The maximum atomic E-state index is 12.0. The van der Waals surface area contributed by atoms with E-state index in [9.17, 15) is 8.42 Å². The van der Waals surface area contributed by atoms with Crippen LogP contribution in [-0.2, 0) is 9.84 Å². The molecule has 1 aliphatic carbocycles. The molecular formula is C14H29NO2S. The van der Waals surface area contributed by atoms with Crippen molar-refractivity contribution in [3.63, 3.8) is 0 Å². The van der Waals surface area contributed by atoms with Crippen molar-refractivity contribution >= 4 is 9.84 Å². The Hall–Kier alpha value is -0.0900. The minimum absolute atomic E-state index is 0.0792. The van der Waals surface area contributed by atoms with Crippen molar-refractivity contribution in [2.75, 3.05) is 12.8 Å². The maximum Gasteiger partial charge on any atom is 0.154 e. The summed E-state index contributed by atoms with van der Waals surface area (Å²) in [7, 11) is -3.04. The van der Waals surface area contributed by atoms with E-state index < -0.39 is 14.6 Å². The lowest BCUT2D eigenvalue weighted by molar-refractivity contribution is 0.331. The van der Waals surface area contributed by atoms with Gasteiger partial charge in [0.2, 0.25) is 0 Å². The van der Waals surface area contributed by atoms with Gasteiger partial charge in [0.1, 0.15) is 0 Å². The van der Waals surface area contributed by atoms with Crippen LogP contribution in [0.4, 0.5) is 0 Å². The van der Waals surface area contributed by atoms with Crippen LogP contribution in [0.2, 0.25) is 0 Å². The normalized spacial score (nSPS) is 20.2. The molecule has 1 aliphatic rings. The van der Waals surface area contributed by atoms with Crippen LogP contribution in [0.15, 0.2) is 0 Å². The molecule has 0 heterocycles. The molecule has 1 saturated carbocycles. The predicted octanol–water partition coefficient (Wildman–Crippen LogP) is 2.76. The second-order valence-corrected chi connectivity index (χ2v) is 8.87. The third-order valence-corrected chi connectivity index (χ3v) is 6.68. The molecule has 0 saturated heterocycles. The van der Waals surface area contributed by atoms with E-state index in [1.54, 1.807) is 0 Å². The molecule has 0 aromatic carbocycles. The van der Waals surface area contributed by atoms with Gasteiger partial charge >= 0.3 is 0 Å². The monoisotopic (exact) mass is 275 g/mol. The van der Waals surface area contributed by atoms with Gasteiger partial charge in [0.05, 0.1) is 4.75 Å². The first-order valence-corrected chi connectivity index (χ1v) is 9.11. The summed E-state index contributed by atoms with van der Waals surface area (Å²) in [5.74, 6) is 0.709. The van der Waals surface area contributed by atoms with E-state index in [4.69, 9.17) is 0 Å². The van der Waals surface area contributed by atoms with Gasteiger partial charge in [0.25, 0.3) is 0 Å². The molecule has 3 nitrogen and oxygen atoms in total. The van der Waals surface area contributed by atoms with Crippen LogP contribution in [0.3, 0.4) is 0 Å². The molecule has 1 atom stereocenters. The average Bonchev–Trinajstić information content (AvgIpc) is 2.75. The summed E-state index contributed by atoms with van der Waals surface area (Å²) in [4.78, 5) is 0. The largest absolute Gasteiger partial charge is 0.312 e. The molecule has 18 heavy (non-hydrogen) atoms. The molecule has 0 aliphatic heterocycles. The summed E-state index contributed by atoms with van der Waals surface area (Å²) >= 11 is 0. The minimum Gasteiger partial charge on any atom is -0.312 e. The van der Waals surface area contributed by atoms with Crippen molar-refractivity contribution in [3.05, 3.63) is 0 Å². The maximum absolute atomic E-state index is 12.0. The molecule has 108 valence electrons. The summed E-state index contributed by atoms with van der Waals surface area (Å²) < 4.78 is 23.3. The van der Waals surface area contributed by atoms with E-state index in [1.807, 2.05) is 13.8 Å². The zero-order valence-electron chi connectivity index (χ0n) is 12.3. The van der Waals surface area contributed by atoms with E-state index in [-0.39, 0.29) is 6.04 Å². The summed E-state index contributed by atoms with van der Waals surface area (Å²) in [5, 5.41) is 3.46. The zero-order valence-corrected chi connectivity index (χ0v) is 13.1. The standard InChI is InChI=1S/C14H29NO2S/c1-5-10-15-13(11-12-8-6-7-9-12)14(2,3)18(4,16)17/h12-13,15H,5-11H2,1-4H3. The lowest BCUT2D eigenvalue weighted by Crippen LogP contribution is -2.52. The molecule has 1 fully saturated rings. The van der Waals surface area contributed by atoms with Crippen LogP contribution in [0, 0.1) is 5.92 Å². The highest BCUT2D eigenvalue weighted by atomic mass is 32.2. The van der Waals surface area contributed by atoms with E-state index in [0.29, 0.717) is 5.92 Å².